The van der Waals surface area contributed by atoms with Crippen LogP contribution in [0.1, 0.15) is 12.0 Å². The van der Waals surface area contributed by atoms with Crippen LogP contribution < -0.4 is 14.8 Å². The Morgan fingerprint density at radius 3 is 1.40 bits per heavy atom. The molecule has 0 aromatic heterocycles. The number of carboxylic acids is 2. The summed E-state index contributed by atoms with van der Waals surface area (Å²) in [6.45, 7) is -4.78. The lowest BCUT2D eigenvalue weighted by molar-refractivity contribution is -0.372. The van der Waals surface area contributed by atoms with E-state index in [1.54, 1.807) is 30.3 Å². The Balaban J connectivity index is 1.37. The van der Waals surface area contributed by atoms with Crippen molar-refractivity contribution >= 4 is 90.6 Å². The second-order valence-electron chi connectivity index (χ2n) is 21.2. The molecule has 0 saturated carbocycles. The topological polar surface area (TPSA) is 766 Å². The number of nitrogens with one attached hydrogen (secondary N) is 3. The van der Waals surface area contributed by atoms with Crippen molar-refractivity contribution in [3.05, 3.63) is 35.9 Å². The molecule has 0 bridgehead atoms. The molecule has 578 valence electrons. The number of benzene rings is 1. The van der Waals surface area contributed by atoms with Crippen molar-refractivity contribution in [3.8, 4) is 0 Å². The molecule has 17 N–H and O–H groups in total. The van der Waals surface area contributed by atoms with Gasteiger partial charge in [-0.1, -0.05) is 30.3 Å². The molecule has 100 heavy (non-hydrogen) atoms. The van der Waals surface area contributed by atoms with Gasteiger partial charge < -0.3 is 97.9 Å². The Hall–Kier alpha value is -4.12. The second-order valence-corrected chi connectivity index (χ2v) is 28.9. The van der Waals surface area contributed by atoms with Gasteiger partial charge >= 0.3 is 90.6 Å². The second kappa shape index (κ2) is 34.4. The van der Waals surface area contributed by atoms with Crippen molar-refractivity contribution in [1.82, 2.24) is 14.8 Å². The summed E-state index contributed by atoms with van der Waals surface area (Å²) in [5, 5.41) is 79.7. The SMILES string of the molecule is COC[C@H]1O[C@H](CCNC(=O)OCc2ccccc2)[C@H](OC)[C@@H](OS(=O)(=O)O)[C@@H]1O[C@@H]1O[C@@H](C(=O)O)[C@@H](O[C@H]2O[C@H](COS(=O)(=O)O)[C@@H](O[C@@H]3O[C@H](C(=O)O)[C@@H](O[C@H]4O[C@H](COS(=O)(=O)O)[C@@H](O)[C@H](O)[C@H]4NS(=O)(=O)O)[C@H](O)[C@H]3O)[C@H](OS(=O)(=O)O)[C@H]2NS(=O)(=O)O)[C@H](O)[C@H]1OS(=O)(=O)O. The monoisotopic (exact) mass is 1600 g/mol. The number of rotatable bonds is 34. The van der Waals surface area contributed by atoms with Gasteiger partial charge in [0.1, 0.15) is 110 Å². The molecule has 0 spiro atoms. The van der Waals surface area contributed by atoms with Crippen LogP contribution in [0.15, 0.2) is 30.3 Å². The fraction of sp³-hybridized carbons (Fsp3) is 0.786. The molecule has 5 saturated heterocycles. The van der Waals surface area contributed by atoms with Gasteiger partial charge in [-0.15, -0.1) is 0 Å². The highest BCUT2D eigenvalue weighted by atomic mass is 32.3. The zero-order valence-electron chi connectivity index (χ0n) is 50.1. The summed E-state index contributed by atoms with van der Waals surface area (Å²) < 4.78 is 331. The van der Waals surface area contributed by atoms with Crippen LogP contribution in [0.4, 0.5) is 4.79 Å². The number of ether oxygens (including phenoxy) is 12. The minimum atomic E-state index is -6.34. The third kappa shape index (κ3) is 24.8. The zero-order valence-corrected chi connectivity index (χ0v) is 55.8. The van der Waals surface area contributed by atoms with Crippen LogP contribution in [-0.4, -0.2) is 338 Å². The van der Waals surface area contributed by atoms with E-state index >= 15 is 0 Å². The summed E-state index contributed by atoms with van der Waals surface area (Å²) in [5.74, 6) is -4.80. The highest BCUT2D eigenvalue weighted by Crippen LogP contribution is 2.39. The molecular weight excluding hydrogens is 1540 g/mol. The Labute approximate surface area is 564 Å². The average molecular weight is 1600 g/mol. The van der Waals surface area contributed by atoms with E-state index in [2.05, 4.69) is 22.0 Å². The molecule has 1 amide bonds. The van der Waals surface area contributed by atoms with Gasteiger partial charge in [0.25, 0.3) is 0 Å². The molecule has 0 radical (unpaired) electrons. The number of hydrogen-bond donors (Lipinski definition) is 17. The van der Waals surface area contributed by atoms with Crippen molar-refractivity contribution in [3.63, 3.8) is 0 Å². The number of hydrogen-bond acceptors (Lipinski definition) is 39. The first kappa shape index (κ1) is 84.8. The highest BCUT2D eigenvalue weighted by molar-refractivity contribution is 7.84. The van der Waals surface area contributed by atoms with Crippen molar-refractivity contribution in [2.45, 2.75) is 166 Å². The van der Waals surface area contributed by atoms with Crippen LogP contribution in [0, 0.1) is 0 Å². The summed E-state index contributed by atoms with van der Waals surface area (Å²) in [6.07, 6.45) is -63.9. The minimum Gasteiger partial charge on any atom is -0.479 e. The lowest BCUT2D eigenvalue weighted by atomic mass is 9.92. The standard InChI is InChI=1S/C42H65N3O48S7/c1-77-11-17-28(33(93-100(74,75)76)26(78-2)15(82-17)8-9-43-42(55)79-10-14-6-4-3-5-7-14)86-41-32(92-99(71,72)73)25(50)31(35(90-41)37(53)54)88-39-20(45-95(59,60)61)29(91-98(68,69)70)27(18(84-39)13-81-97(65,66)67)85-40-24(49)23(48)30(34(89-40)36(51)52)87-38-19(44-94(56,57)58)22(47)21(46)16(83-38)12-80-96(62,63)64/h3-7,15-35,38-41,44-50H,8-13H2,1-2H3,(H,43,55)(H,51,52)(H,53,54)(H,56,57,58)(H,59,60,61)(H,62,63,64)(H,65,66,67)(H,68,69,70)(H,71,72,73)(H,74,75,76)/t15-,16-,17-,18-,19-,20-,21-,22-,23-,24-,25+,26+,27-,28-,29-,30+,31+,32-,33-,34+,35-,38-,39-,40-,41-/m1/s1. The van der Waals surface area contributed by atoms with E-state index < -0.39 is 264 Å². The van der Waals surface area contributed by atoms with Gasteiger partial charge in [-0.25, -0.2) is 35.3 Å². The first-order valence-corrected chi connectivity index (χ1v) is 37.1. The van der Waals surface area contributed by atoms with Crippen molar-refractivity contribution in [2.75, 3.05) is 40.6 Å². The maximum absolute atomic E-state index is 13.3. The zero-order chi connectivity index (χ0) is 75.2. The lowest BCUT2D eigenvalue weighted by Crippen LogP contribution is -2.71. The number of carbonyl (C=O) groups excluding carboxylic acids is 1. The van der Waals surface area contributed by atoms with Crippen LogP contribution in [0.3, 0.4) is 0 Å². The predicted octanol–water partition coefficient (Wildman–Crippen LogP) is -10.1. The predicted molar refractivity (Wildman–Crippen MR) is 301 cm³/mol. The molecule has 6 rings (SSSR count). The largest absolute Gasteiger partial charge is 0.479 e. The maximum atomic E-state index is 13.3. The van der Waals surface area contributed by atoms with E-state index in [1.807, 2.05) is 0 Å². The summed E-state index contributed by atoms with van der Waals surface area (Å²) in [7, 11) is -39.3. The highest BCUT2D eigenvalue weighted by Gasteiger charge is 2.61. The van der Waals surface area contributed by atoms with Crippen LogP contribution in [0.25, 0.3) is 0 Å². The quantitative estimate of drug-likeness (QED) is 0.0285. The van der Waals surface area contributed by atoms with Gasteiger partial charge in [0, 0.05) is 20.8 Å². The molecule has 25 atom stereocenters. The van der Waals surface area contributed by atoms with E-state index in [4.69, 9.17) is 65.6 Å². The molecule has 5 heterocycles. The smallest absolute Gasteiger partial charge is 0.407 e. The maximum Gasteiger partial charge on any atom is 0.407 e. The number of aliphatic hydroxyl groups excluding tert-OH is 5. The molecule has 5 fully saturated rings. The molecule has 0 aliphatic carbocycles. The Morgan fingerprint density at radius 2 is 0.890 bits per heavy atom. The number of amides is 1. The fourth-order valence-corrected chi connectivity index (χ4v) is 13.7. The number of aliphatic carboxylic acids is 2. The number of carboxylic acid groups (broad SMARTS) is 2. The molecule has 51 nitrogen and oxygen atoms in total. The van der Waals surface area contributed by atoms with Gasteiger partial charge in [0.15, 0.2) is 43.5 Å². The summed E-state index contributed by atoms with van der Waals surface area (Å²) in [4.78, 5) is 38.7. The molecule has 0 unspecified atom stereocenters. The molecular formula is C42H65N3O48S7. The van der Waals surface area contributed by atoms with Gasteiger partial charge in [-0.05, 0) is 12.0 Å². The lowest BCUT2D eigenvalue weighted by Gasteiger charge is -2.50. The Morgan fingerprint density at radius 1 is 0.440 bits per heavy atom. The third-order valence-electron chi connectivity index (χ3n) is 14.3. The number of aliphatic hydroxyl groups is 5. The van der Waals surface area contributed by atoms with E-state index in [0.29, 0.717) is 5.56 Å². The van der Waals surface area contributed by atoms with E-state index in [-0.39, 0.29) is 19.6 Å². The van der Waals surface area contributed by atoms with Crippen molar-refractivity contribution in [2.24, 2.45) is 0 Å². The van der Waals surface area contributed by atoms with Gasteiger partial charge in [0.2, 0.25) is 0 Å². The normalized spacial score (nSPS) is 35.9. The van der Waals surface area contributed by atoms with Crippen molar-refractivity contribution in [1.29, 1.82) is 0 Å². The van der Waals surface area contributed by atoms with E-state index in [1.165, 1.54) is 9.44 Å². The van der Waals surface area contributed by atoms with Gasteiger partial charge in [-0.2, -0.15) is 68.4 Å². The van der Waals surface area contributed by atoms with E-state index in [0.717, 1.165) is 14.2 Å². The molecule has 5 aliphatic rings. The van der Waals surface area contributed by atoms with Crippen LogP contribution in [0.2, 0.25) is 0 Å². The molecule has 1 aromatic rings. The Kier molecular flexibility index (Phi) is 29.2. The number of carbonyl (C=O) groups is 3. The minimum absolute atomic E-state index is 0.204. The third-order valence-corrected chi connectivity index (χ3v) is 17.7. The summed E-state index contributed by atoms with van der Waals surface area (Å²) in [5.41, 5.74) is 0.577. The first-order valence-electron chi connectivity index (χ1n) is 27.4. The number of methoxy groups -OCH3 is 2. The van der Waals surface area contributed by atoms with Crippen LogP contribution in [-0.2, 0) is 167 Å². The van der Waals surface area contributed by atoms with Crippen molar-refractivity contribution < 1.29 is 219 Å². The van der Waals surface area contributed by atoms with Crippen LogP contribution >= 0.6 is 0 Å². The molecule has 5 aliphatic heterocycles. The number of alkyl carbamates (subject to hydrolysis) is 1. The summed E-state index contributed by atoms with van der Waals surface area (Å²) in [6, 6.07) is 2.50. The molecule has 1 aromatic carbocycles. The first-order chi connectivity index (χ1) is 46.0. The van der Waals surface area contributed by atoms with Gasteiger partial charge in [0.05, 0.1) is 25.9 Å². The fourth-order valence-electron chi connectivity index (χ4n) is 10.4. The summed E-state index contributed by atoms with van der Waals surface area (Å²) >= 11 is 0. The molecule has 58 heteroatoms. The van der Waals surface area contributed by atoms with Gasteiger partial charge in [-0.3, -0.25) is 31.9 Å². The van der Waals surface area contributed by atoms with E-state index in [9.17, 15) is 136 Å². The average Bonchev–Trinajstić information content (AvgIpc) is 0.760. The van der Waals surface area contributed by atoms with Crippen LogP contribution in [0.5, 0.6) is 0 Å². The Bertz CT molecular complexity index is 3770.